The summed E-state index contributed by atoms with van der Waals surface area (Å²) in [5.41, 5.74) is 0.971. The first-order chi connectivity index (χ1) is 8.63. The van der Waals surface area contributed by atoms with Crippen molar-refractivity contribution in [3.63, 3.8) is 0 Å². The summed E-state index contributed by atoms with van der Waals surface area (Å²) in [4.78, 5) is 7.61. The van der Waals surface area contributed by atoms with Crippen LogP contribution in [-0.4, -0.2) is 22.2 Å². The molecule has 94 valence electrons. The largest absolute Gasteiger partial charge is 0.496 e. The molecule has 18 heavy (non-hydrogen) atoms. The maximum absolute atomic E-state index is 10.3. The van der Waals surface area contributed by atoms with Crippen LogP contribution in [0.15, 0.2) is 30.5 Å². The zero-order valence-corrected chi connectivity index (χ0v) is 11.0. The van der Waals surface area contributed by atoms with Crippen molar-refractivity contribution in [3.05, 3.63) is 52.0 Å². The predicted octanol–water partition coefficient (Wildman–Crippen LogP) is 2.87. The first-order valence-electron chi connectivity index (χ1n) is 5.12. The van der Waals surface area contributed by atoms with E-state index in [9.17, 15) is 5.11 Å². The summed E-state index contributed by atoms with van der Waals surface area (Å²) in [5, 5.41) is 10.4. The molecule has 1 N–H and O–H groups in total. The number of ether oxygens (including phenoxy) is 1. The van der Waals surface area contributed by atoms with E-state index in [-0.39, 0.29) is 10.4 Å². The summed E-state index contributed by atoms with van der Waals surface area (Å²) >= 11 is 11.5. The second kappa shape index (κ2) is 5.52. The molecule has 0 aliphatic heterocycles. The first kappa shape index (κ1) is 13.1. The lowest BCUT2D eigenvalue weighted by Gasteiger charge is -2.15. The molecular weight excluding hydrogens is 275 g/mol. The number of hydrogen-bond acceptors (Lipinski definition) is 4. The van der Waals surface area contributed by atoms with Crippen molar-refractivity contribution >= 4 is 23.2 Å². The van der Waals surface area contributed by atoms with Gasteiger partial charge in [-0.25, -0.2) is 9.97 Å². The Labute approximate surface area is 114 Å². The number of methoxy groups -OCH3 is 1. The SMILES string of the molecule is COc1ccccc1C(O)c1cnc(Cl)nc1Cl. The van der Waals surface area contributed by atoms with E-state index in [1.54, 1.807) is 18.2 Å². The molecule has 2 rings (SSSR count). The molecule has 1 atom stereocenters. The molecule has 0 bridgehead atoms. The van der Waals surface area contributed by atoms with Gasteiger partial charge in [-0.05, 0) is 17.7 Å². The summed E-state index contributed by atoms with van der Waals surface area (Å²) in [6.45, 7) is 0. The topological polar surface area (TPSA) is 55.2 Å². The third-order valence-electron chi connectivity index (χ3n) is 2.47. The lowest BCUT2D eigenvalue weighted by Crippen LogP contribution is -2.04. The van der Waals surface area contributed by atoms with E-state index in [1.165, 1.54) is 13.3 Å². The van der Waals surface area contributed by atoms with Crippen molar-refractivity contribution in [1.29, 1.82) is 0 Å². The highest BCUT2D eigenvalue weighted by molar-refractivity contribution is 6.32. The van der Waals surface area contributed by atoms with E-state index in [0.717, 1.165) is 0 Å². The van der Waals surface area contributed by atoms with Gasteiger partial charge in [0.1, 0.15) is 17.0 Å². The summed E-state index contributed by atoms with van der Waals surface area (Å²) in [6, 6.07) is 7.11. The maximum atomic E-state index is 10.3. The van der Waals surface area contributed by atoms with Gasteiger partial charge in [0.2, 0.25) is 5.28 Å². The molecule has 2 aromatic rings. The van der Waals surface area contributed by atoms with Crippen LogP contribution >= 0.6 is 23.2 Å². The molecule has 0 aliphatic carbocycles. The molecule has 0 spiro atoms. The Balaban J connectivity index is 2.44. The van der Waals surface area contributed by atoms with E-state index in [0.29, 0.717) is 16.9 Å². The fraction of sp³-hybridized carbons (Fsp3) is 0.167. The minimum Gasteiger partial charge on any atom is -0.496 e. The number of aliphatic hydroxyl groups is 1. The van der Waals surface area contributed by atoms with Gasteiger partial charge in [-0.1, -0.05) is 29.8 Å². The minimum absolute atomic E-state index is 0.0379. The Kier molecular flexibility index (Phi) is 4.01. The average molecular weight is 285 g/mol. The van der Waals surface area contributed by atoms with Crippen molar-refractivity contribution in [3.8, 4) is 5.75 Å². The third-order valence-corrected chi connectivity index (χ3v) is 2.95. The Bertz CT molecular complexity index is 564. The lowest BCUT2D eigenvalue weighted by molar-refractivity contribution is 0.214. The number of hydrogen-bond donors (Lipinski definition) is 1. The molecule has 0 fully saturated rings. The van der Waals surface area contributed by atoms with Crippen LogP contribution < -0.4 is 4.74 Å². The number of para-hydroxylation sites is 1. The summed E-state index contributed by atoms with van der Waals surface area (Å²) in [6.07, 6.45) is 0.431. The van der Waals surface area contributed by atoms with Gasteiger partial charge in [-0.15, -0.1) is 0 Å². The average Bonchev–Trinajstić information content (AvgIpc) is 2.38. The van der Waals surface area contributed by atoms with Gasteiger partial charge in [0, 0.05) is 17.3 Å². The molecule has 0 aliphatic rings. The zero-order valence-electron chi connectivity index (χ0n) is 9.47. The smallest absolute Gasteiger partial charge is 0.223 e. The number of aliphatic hydroxyl groups excluding tert-OH is 1. The highest BCUT2D eigenvalue weighted by atomic mass is 35.5. The van der Waals surface area contributed by atoms with Crippen LogP contribution in [-0.2, 0) is 0 Å². The Hall–Kier alpha value is -1.36. The van der Waals surface area contributed by atoms with E-state index in [4.69, 9.17) is 27.9 Å². The summed E-state index contributed by atoms with van der Waals surface area (Å²) < 4.78 is 5.18. The maximum Gasteiger partial charge on any atom is 0.223 e. The number of benzene rings is 1. The second-order valence-corrected chi connectivity index (χ2v) is 4.23. The predicted molar refractivity (Wildman–Crippen MR) is 69.1 cm³/mol. The standard InChI is InChI=1S/C12H10Cl2N2O2/c1-18-9-5-3-2-4-7(9)10(17)8-6-15-12(14)16-11(8)13/h2-6,10,17H,1H3. The van der Waals surface area contributed by atoms with Gasteiger partial charge in [0.05, 0.1) is 7.11 Å². The van der Waals surface area contributed by atoms with Gasteiger partial charge in [0.25, 0.3) is 0 Å². The quantitative estimate of drug-likeness (QED) is 0.696. The molecule has 4 nitrogen and oxygen atoms in total. The van der Waals surface area contributed by atoms with Crippen LogP contribution in [0.5, 0.6) is 5.75 Å². The Morgan fingerprint density at radius 2 is 1.94 bits per heavy atom. The summed E-state index contributed by atoms with van der Waals surface area (Å²) in [5.74, 6) is 0.566. The van der Waals surface area contributed by atoms with Crippen LogP contribution in [0.1, 0.15) is 17.2 Å². The number of halogens is 2. The Morgan fingerprint density at radius 3 is 2.61 bits per heavy atom. The van der Waals surface area contributed by atoms with Crippen molar-refractivity contribution in [2.24, 2.45) is 0 Å². The van der Waals surface area contributed by atoms with Crippen LogP contribution in [0.3, 0.4) is 0 Å². The fourth-order valence-electron chi connectivity index (χ4n) is 1.59. The molecule has 1 heterocycles. The normalized spacial score (nSPS) is 12.2. The van der Waals surface area contributed by atoms with Gasteiger partial charge in [-0.3, -0.25) is 0 Å². The first-order valence-corrected chi connectivity index (χ1v) is 5.88. The van der Waals surface area contributed by atoms with E-state index < -0.39 is 6.10 Å². The molecule has 0 radical (unpaired) electrons. The fourth-order valence-corrected chi connectivity index (χ4v) is 2.00. The van der Waals surface area contributed by atoms with Gasteiger partial charge >= 0.3 is 0 Å². The Morgan fingerprint density at radius 1 is 1.22 bits per heavy atom. The number of rotatable bonds is 3. The summed E-state index contributed by atoms with van der Waals surface area (Å²) in [7, 11) is 1.53. The van der Waals surface area contributed by atoms with Crippen LogP contribution in [0, 0.1) is 0 Å². The number of aromatic nitrogens is 2. The molecule has 6 heteroatoms. The third kappa shape index (κ3) is 2.56. The lowest BCUT2D eigenvalue weighted by atomic mass is 10.0. The van der Waals surface area contributed by atoms with Crippen LogP contribution in [0.2, 0.25) is 10.4 Å². The van der Waals surface area contributed by atoms with Crippen molar-refractivity contribution in [1.82, 2.24) is 9.97 Å². The zero-order chi connectivity index (χ0) is 13.1. The van der Waals surface area contributed by atoms with Crippen molar-refractivity contribution in [2.45, 2.75) is 6.10 Å². The molecular formula is C12H10Cl2N2O2. The second-order valence-electron chi connectivity index (χ2n) is 3.53. The van der Waals surface area contributed by atoms with Gasteiger partial charge in [0.15, 0.2) is 0 Å². The monoisotopic (exact) mass is 284 g/mol. The van der Waals surface area contributed by atoms with Gasteiger partial charge < -0.3 is 9.84 Å². The molecule has 1 aromatic carbocycles. The molecule has 0 amide bonds. The minimum atomic E-state index is -0.967. The molecule has 0 saturated heterocycles. The molecule has 1 aromatic heterocycles. The van der Waals surface area contributed by atoms with Crippen LogP contribution in [0.25, 0.3) is 0 Å². The van der Waals surface area contributed by atoms with Crippen LogP contribution in [0.4, 0.5) is 0 Å². The van der Waals surface area contributed by atoms with Crippen molar-refractivity contribution in [2.75, 3.05) is 7.11 Å². The van der Waals surface area contributed by atoms with E-state index in [2.05, 4.69) is 9.97 Å². The highest BCUT2D eigenvalue weighted by Gasteiger charge is 2.19. The number of nitrogens with zero attached hydrogens (tertiary/aromatic N) is 2. The molecule has 1 unspecified atom stereocenters. The van der Waals surface area contributed by atoms with E-state index in [1.807, 2.05) is 6.07 Å². The van der Waals surface area contributed by atoms with Gasteiger partial charge in [-0.2, -0.15) is 0 Å². The molecule has 0 saturated carbocycles. The highest BCUT2D eigenvalue weighted by Crippen LogP contribution is 2.32. The van der Waals surface area contributed by atoms with Crippen molar-refractivity contribution < 1.29 is 9.84 Å². The van der Waals surface area contributed by atoms with E-state index >= 15 is 0 Å².